The summed E-state index contributed by atoms with van der Waals surface area (Å²) in [7, 11) is 0. The van der Waals surface area contributed by atoms with E-state index in [1.165, 1.54) is 19.1 Å². The number of hydrogen-bond donors (Lipinski definition) is 1. The van der Waals surface area contributed by atoms with Gasteiger partial charge in [0, 0.05) is 24.7 Å². The smallest absolute Gasteiger partial charge is 0.416 e. The van der Waals surface area contributed by atoms with E-state index in [9.17, 15) is 32.7 Å². The third-order valence-electron chi connectivity index (χ3n) is 3.19. The van der Waals surface area contributed by atoms with Crippen LogP contribution in [0.1, 0.15) is 24.5 Å². The molecule has 0 spiro atoms. The van der Waals surface area contributed by atoms with Crippen LogP contribution in [0.4, 0.5) is 13.2 Å². The number of aliphatic carboxylic acids is 1. The topological polar surface area (TPSA) is 87.0 Å². The molecule has 1 N–H and O–H groups in total. The Morgan fingerprint density at radius 3 is 2.38 bits per heavy atom. The van der Waals surface area contributed by atoms with E-state index >= 15 is 0 Å². The van der Waals surface area contributed by atoms with Crippen molar-refractivity contribution in [1.29, 1.82) is 0 Å². The summed E-state index contributed by atoms with van der Waals surface area (Å²) in [6, 6.07) is 4.07. The van der Waals surface area contributed by atoms with Gasteiger partial charge >= 0.3 is 12.1 Å². The van der Waals surface area contributed by atoms with Crippen LogP contribution < -0.4 is 0 Å². The van der Waals surface area contributed by atoms with Crippen molar-refractivity contribution in [2.75, 3.05) is 5.75 Å². The van der Waals surface area contributed by atoms with Gasteiger partial charge in [-0.15, -0.1) is 0 Å². The Morgan fingerprint density at radius 1 is 1.27 bits per heavy atom. The number of carboxylic acid groups (broad SMARTS) is 1. The summed E-state index contributed by atoms with van der Waals surface area (Å²) in [5.41, 5.74) is -0.559. The third-order valence-corrected chi connectivity index (χ3v) is 5.17. The van der Waals surface area contributed by atoms with Gasteiger partial charge in [-0.3, -0.25) is 9.59 Å². The van der Waals surface area contributed by atoms with E-state index in [2.05, 4.69) is 5.10 Å². The number of hydrazone groups is 1. The Hall–Kier alpha value is -2.01. The van der Waals surface area contributed by atoms with Crippen LogP contribution in [0.5, 0.6) is 0 Å². The van der Waals surface area contributed by atoms with Crippen molar-refractivity contribution in [2.45, 2.75) is 24.9 Å². The van der Waals surface area contributed by atoms with E-state index in [0.29, 0.717) is 0 Å². The molecule has 0 fully saturated rings. The van der Waals surface area contributed by atoms with Crippen LogP contribution in [0.3, 0.4) is 0 Å². The number of thioether (sulfide) groups is 2. The van der Waals surface area contributed by atoms with Crippen LogP contribution in [-0.4, -0.2) is 43.3 Å². The Balaban J connectivity index is 2.17. The fraction of sp³-hybridized carbons (Fsp3) is 0.333. The monoisotopic (exact) mass is 406 g/mol. The van der Waals surface area contributed by atoms with Gasteiger partial charge in [0.25, 0.3) is 0 Å². The SMILES string of the molecule is CC(=O)SCCC(=O)N1N=C(c2ccc(C(F)(F)F)cc2)SC1C(=O)O. The lowest BCUT2D eigenvalue weighted by Crippen LogP contribution is -2.36. The number of amides is 1. The summed E-state index contributed by atoms with van der Waals surface area (Å²) in [5, 5.41) is 12.7. The second-order valence-electron chi connectivity index (χ2n) is 5.12. The van der Waals surface area contributed by atoms with Gasteiger partial charge in [0.15, 0.2) is 5.12 Å². The van der Waals surface area contributed by atoms with Gasteiger partial charge < -0.3 is 5.11 Å². The maximum atomic E-state index is 12.6. The van der Waals surface area contributed by atoms with Gasteiger partial charge in [-0.05, 0) is 12.1 Å². The first-order valence-corrected chi connectivity index (χ1v) is 9.07. The second kappa shape index (κ2) is 8.12. The van der Waals surface area contributed by atoms with E-state index in [1.54, 1.807) is 0 Å². The largest absolute Gasteiger partial charge is 0.479 e. The molecule has 1 aliphatic heterocycles. The molecule has 11 heteroatoms. The van der Waals surface area contributed by atoms with Gasteiger partial charge in [-0.1, -0.05) is 35.7 Å². The second-order valence-corrected chi connectivity index (χ2v) is 7.46. The van der Waals surface area contributed by atoms with E-state index in [0.717, 1.165) is 40.7 Å². The molecule has 1 aliphatic rings. The minimum Gasteiger partial charge on any atom is -0.479 e. The number of carboxylic acids is 1. The summed E-state index contributed by atoms with van der Waals surface area (Å²) in [6.07, 6.45) is -4.57. The summed E-state index contributed by atoms with van der Waals surface area (Å²) in [6.45, 7) is 1.35. The van der Waals surface area contributed by atoms with Crippen molar-refractivity contribution in [3.63, 3.8) is 0 Å². The summed E-state index contributed by atoms with van der Waals surface area (Å²) in [4.78, 5) is 34.4. The van der Waals surface area contributed by atoms with Crippen molar-refractivity contribution < 1.29 is 32.7 Å². The van der Waals surface area contributed by atoms with Crippen molar-refractivity contribution in [3.05, 3.63) is 35.4 Å². The molecule has 0 aromatic heterocycles. The Labute approximate surface area is 154 Å². The predicted molar refractivity (Wildman–Crippen MR) is 91.6 cm³/mol. The van der Waals surface area contributed by atoms with Crippen LogP contribution >= 0.6 is 23.5 Å². The van der Waals surface area contributed by atoms with Crippen LogP contribution in [-0.2, 0) is 20.6 Å². The molecule has 0 aliphatic carbocycles. The van der Waals surface area contributed by atoms with Gasteiger partial charge in [0.2, 0.25) is 11.3 Å². The maximum Gasteiger partial charge on any atom is 0.416 e. The highest BCUT2D eigenvalue weighted by Gasteiger charge is 2.38. The van der Waals surface area contributed by atoms with Crippen LogP contribution in [0.15, 0.2) is 29.4 Å². The number of alkyl halides is 3. The normalized spacial score (nSPS) is 17.2. The average Bonchev–Trinajstić information content (AvgIpc) is 2.99. The highest BCUT2D eigenvalue weighted by molar-refractivity contribution is 8.15. The standard InChI is InChI=1S/C15H13F3N2O4S2/c1-8(21)25-7-6-11(22)20-13(14(23)24)26-12(19-20)9-2-4-10(5-3-9)15(16,17)18/h2-5,13H,6-7H2,1H3,(H,23,24). The highest BCUT2D eigenvalue weighted by Crippen LogP contribution is 2.33. The van der Waals surface area contributed by atoms with Crippen LogP contribution in [0.2, 0.25) is 0 Å². The molecule has 1 unspecified atom stereocenters. The first kappa shape index (κ1) is 20.3. The Bertz CT molecular complexity index is 750. The third kappa shape index (κ3) is 5.01. The van der Waals surface area contributed by atoms with Gasteiger partial charge in [0.1, 0.15) is 5.04 Å². The minimum absolute atomic E-state index is 0.0849. The minimum atomic E-state index is -4.48. The van der Waals surface area contributed by atoms with Gasteiger partial charge in [0.05, 0.1) is 5.56 Å². The van der Waals surface area contributed by atoms with E-state index in [1.807, 2.05) is 0 Å². The zero-order chi connectivity index (χ0) is 19.5. The molecule has 1 atom stereocenters. The van der Waals surface area contributed by atoms with Crippen molar-refractivity contribution in [1.82, 2.24) is 5.01 Å². The highest BCUT2D eigenvalue weighted by atomic mass is 32.2. The number of carbonyl (C=O) groups excluding carboxylic acids is 2. The molecule has 0 saturated carbocycles. The first-order valence-electron chi connectivity index (χ1n) is 7.20. The van der Waals surface area contributed by atoms with Crippen LogP contribution in [0, 0.1) is 0 Å². The summed E-state index contributed by atoms with van der Waals surface area (Å²) < 4.78 is 37.8. The lowest BCUT2D eigenvalue weighted by molar-refractivity contribution is -0.145. The number of halogens is 3. The quantitative estimate of drug-likeness (QED) is 0.809. The molecule has 1 aromatic carbocycles. The summed E-state index contributed by atoms with van der Waals surface area (Å²) >= 11 is 1.70. The van der Waals surface area contributed by atoms with Gasteiger partial charge in [-0.25, -0.2) is 9.80 Å². The predicted octanol–water partition coefficient (Wildman–Crippen LogP) is 3.02. The molecule has 6 nitrogen and oxygen atoms in total. The molecule has 140 valence electrons. The number of benzene rings is 1. The fourth-order valence-electron chi connectivity index (χ4n) is 2.00. The molecule has 0 saturated heterocycles. The summed E-state index contributed by atoms with van der Waals surface area (Å²) in [5.74, 6) is -1.69. The lowest BCUT2D eigenvalue weighted by Gasteiger charge is -2.16. The van der Waals surface area contributed by atoms with Gasteiger partial charge in [-0.2, -0.15) is 18.3 Å². The zero-order valence-electron chi connectivity index (χ0n) is 13.3. The zero-order valence-corrected chi connectivity index (χ0v) is 15.0. The van der Waals surface area contributed by atoms with E-state index in [-0.39, 0.29) is 27.9 Å². The number of nitrogens with zero attached hydrogens (tertiary/aromatic N) is 2. The Kier molecular flexibility index (Phi) is 6.34. The molecule has 26 heavy (non-hydrogen) atoms. The number of rotatable bonds is 5. The molecule has 0 bridgehead atoms. The van der Waals surface area contributed by atoms with E-state index in [4.69, 9.17) is 0 Å². The molecule has 1 heterocycles. The van der Waals surface area contributed by atoms with Crippen molar-refractivity contribution in [2.24, 2.45) is 5.10 Å². The molecule has 0 radical (unpaired) electrons. The molecule has 2 rings (SSSR count). The Morgan fingerprint density at radius 2 is 1.88 bits per heavy atom. The molecule has 1 aromatic rings. The van der Waals surface area contributed by atoms with Crippen molar-refractivity contribution >= 4 is 45.6 Å². The first-order chi connectivity index (χ1) is 12.1. The molecule has 1 amide bonds. The molecular weight excluding hydrogens is 393 g/mol. The van der Waals surface area contributed by atoms with Crippen molar-refractivity contribution in [3.8, 4) is 0 Å². The average molecular weight is 406 g/mol. The fourth-order valence-corrected chi connectivity index (χ4v) is 3.54. The van der Waals surface area contributed by atoms with Crippen LogP contribution in [0.25, 0.3) is 0 Å². The van der Waals surface area contributed by atoms with E-state index < -0.39 is 29.0 Å². The number of carbonyl (C=O) groups is 3. The maximum absolute atomic E-state index is 12.6. The molecular formula is C15H13F3N2O4S2. The number of hydrogen-bond acceptors (Lipinski definition) is 6. The lowest BCUT2D eigenvalue weighted by atomic mass is 10.1.